The third-order valence-corrected chi connectivity index (χ3v) is 4.71. The van der Waals surface area contributed by atoms with Gasteiger partial charge in [-0.2, -0.15) is 0 Å². The smallest absolute Gasteiger partial charge is 0.112 e. The summed E-state index contributed by atoms with van der Waals surface area (Å²) < 4.78 is 2.13. The molecular weight excluding hydrogens is 262 g/mol. The maximum atomic E-state index is 9.33. The summed E-state index contributed by atoms with van der Waals surface area (Å²) in [6.45, 7) is 0.733. The lowest BCUT2D eigenvalue weighted by molar-refractivity contribution is 0.274. The molecule has 0 saturated heterocycles. The van der Waals surface area contributed by atoms with Crippen molar-refractivity contribution in [1.82, 2.24) is 9.55 Å². The zero-order chi connectivity index (χ0) is 14.7. The average molecular weight is 287 g/mol. The number of aliphatic hydroxyl groups excluding tert-OH is 1. The number of hydrogen-bond acceptors (Lipinski definition) is 3. The SMILES string of the molecule is Nc1cccc2c1nc(CCC1CCCCC1)n2CCO. The quantitative estimate of drug-likeness (QED) is 0.830. The van der Waals surface area contributed by atoms with E-state index in [-0.39, 0.29) is 6.61 Å². The third-order valence-electron chi connectivity index (χ3n) is 4.71. The van der Waals surface area contributed by atoms with Crippen molar-refractivity contribution in [2.24, 2.45) is 5.92 Å². The molecule has 1 saturated carbocycles. The number of aromatic nitrogens is 2. The maximum absolute atomic E-state index is 9.33. The summed E-state index contributed by atoms with van der Waals surface area (Å²) in [7, 11) is 0. The highest BCUT2D eigenvalue weighted by Gasteiger charge is 2.16. The standard InChI is InChI=1S/C17H25N3O/c18-14-7-4-8-15-17(14)19-16(20(15)11-12-21)10-9-13-5-2-1-3-6-13/h4,7-8,13,21H,1-3,5-6,9-12,18H2. The van der Waals surface area contributed by atoms with Crippen molar-refractivity contribution in [3.05, 3.63) is 24.0 Å². The second-order valence-corrected chi connectivity index (χ2v) is 6.16. The molecule has 114 valence electrons. The summed E-state index contributed by atoms with van der Waals surface area (Å²) in [6, 6.07) is 5.89. The van der Waals surface area contributed by atoms with Crippen LogP contribution >= 0.6 is 0 Å². The predicted molar refractivity (Wildman–Crippen MR) is 86.1 cm³/mol. The van der Waals surface area contributed by atoms with Crippen LogP contribution in [0.25, 0.3) is 11.0 Å². The maximum Gasteiger partial charge on any atom is 0.112 e. The van der Waals surface area contributed by atoms with Crippen LogP contribution in [-0.2, 0) is 13.0 Å². The molecule has 0 radical (unpaired) electrons. The number of anilines is 1. The van der Waals surface area contributed by atoms with E-state index >= 15 is 0 Å². The number of nitrogen functional groups attached to an aromatic ring is 1. The zero-order valence-electron chi connectivity index (χ0n) is 12.6. The lowest BCUT2D eigenvalue weighted by atomic mass is 9.86. The molecule has 0 aliphatic heterocycles. The second kappa shape index (κ2) is 6.48. The number of aryl methyl sites for hydroxylation is 1. The molecule has 1 heterocycles. The third kappa shape index (κ3) is 3.05. The molecule has 0 atom stereocenters. The molecule has 0 spiro atoms. The lowest BCUT2D eigenvalue weighted by Crippen LogP contribution is -2.11. The second-order valence-electron chi connectivity index (χ2n) is 6.16. The van der Waals surface area contributed by atoms with Crippen LogP contribution in [0.5, 0.6) is 0 Å². The Morgan fingerprint density at radius 3 is 2.81 bits per heavy atom. The van der Waals surface area contributed by atoms with Gasteiger partial charge in [0.15, 0.2) is 0 Å². The number of fused-ring (bicyclic) bond motifs is 1. The van der Waals surface area contributed by atoms with E-state index in [0.29, 0.717) is 6.54 Å². The number of benzene rings is 1. The molecule has 1 fully saturated rings. The van der Waals surface area contributed by atoms with Crippen LogP contribution in [0.15, 0.2) is 18.2 Å². The van der Waals surface area contributed by atoms with Crippen LogP contribution in [0.4, 0.5) is 5.69 Å². The van der Waals surface area contributed by atoms with Crippen molar-refractivity contribution in [2.45, 2.75) is 51.5 Å². The summed E-state index contributed by atoms with van der Waals surface area (Å²) >= 11 is 0. The molecule has 1 aliphatic carbocycles. The predicted octanol–water partition coefficient (Wildman–Crippen LogP) is 3.12. The number of hydrogen-bond donors (Lipinski definition) is 2. The van der Waals surface area contributed by atoms with Crippen LogP contribution in [0, 0.1) is 5.92 Å². The summed E-state index contributed by atoms with van der Waals surface area (Å²) in [4.78, 5) is 4.74. The van der Waals surface area contributed by atoms with Gasteiger partial charge in [0, 0.05) is 13.0 Å². The van der Waals surface area contributed by atoms with Crippen molar-refractivity contribution in [1.29, 1.82) is 0 Å². The molecule has 0 amide bonds. The van der Waals surface area contributed by atoms with E-state index in [0.717, 1.165) is 34.9 Å². The van der Waals surface area contributed by atoms with E-state index in [4.69, 9.17) is 10.7 Å². The molecule has 0 unspecified atom stereocenters. The molecule has 2 aromatic rings. The van der Waals surface area contributed by atoms with Crippen LogP contribution in [0.1, 0.15) is 44.3 Å². The minimum Gasteiger partial charge on any atom is -0.397 e. The van der Waals surface area contributed by atoms with E-state index in [1.807, 2.05) is 18.2 Å². The Balaban J connectivity index is 1.82. The zero-order valence-corrected chi connectivity index (χ0v) is 12.6. The largest absolute Gasteiger partial charge is 0.397 e. The van der Waals surface area contributed by atoms with Gasteiger partial charge in [-0.05, 0) is 24.5 Å². The number of rotatable bonds is 5. The molecule has 1 aromatic carbocycles. The fourth-order valence-corrected chi connectivity index (χ4v) is 3.57. The minimum atomic E-state index is 0.136. The first kappa shape index (κ1) is 14.4. The Hall–Kier alpha value is -1.55. The van der Waals surface area contributed by atoms with Crippen molar-refractivity contribution < 1.29 is 5.11 Å². The molecule has 1 aromatic heterocycles. The first-order chi connectivity index (χ1) is 10.3. The molecule has 4 nitrogen and oxygen atoms in total. The van der Waals surface area contributed by atoms with Gasteiger partial charge in [0.05, 0.1) is 17.8 Å². The molecule has 1 aliphatic rings. The minimum absolute atomic E-state index is 0.136. The molecular formula is C17H25N3O. The van der Waals surface area contributed by atoms with Gasteiger partial charge in [0.2, 0.25) is 0 Å². The Bertz CT molecular complexity index is 599. The van der Waals surface area contributed by atoms with E-state index in [1.165, 1.54) is 38.5 Å². The van der Waals surface area contributed by atoms with Crippen LogP contribution in [0.2, 0.25) is 0 Å². The van der Waals surface area contributed by atoms with Crippen LogP contribution in [0.3, 0.4) is 0 Å². The molecule has 3 rings (SSSR count). The average Bonchev–Trinajstić information content (AvgIpc) is 2.86. The van der Waals surface area contributed by atoms with Gasteiger partial charge in [-0.1, -0.05) is 38.2 Å². The molecule has 21 heavy (non-hydrogen) atoms. The highest BCUT2D eigenvalue weighted by molar-refractivity contribution is 5.87. The van der Waals surface area contributed by atoms with Crippen molar-refractivity contribution in [3.8, 4) is 0 Å². The van der Waals surface area contributed by atoms with Gasteiger partial charge in [0.1, 0.15) is 11.3 Å². The Morgan fingerprint density at radius 2 is 2.05 bits per heavy atom. The normalized spacial score (nSPS) is 16.6. The van der Waals surface area contributed by atoms with Gasteiger partial charge in [-0.3, -0.25) is 0 Å². The molecule has 0 bridgehead atoms. The van der Waals surface area contributed by atoms with Gasteiger partial charge in [-0.15, -0.1) is 0 Å². The van der Waals surface area contributed by atoms with E-state index in [2.05, 4.69) is 4.57 Å². The van der Waals surface area contributed by atoms with Crippen LogP contribution in [-0.4, -0.2) is 21.3 Å². The van der Waals surface area contributed by atoms with Gasteiger partial charge < -0.3 is 15.4 Å². The first-order valence-electron chi connectivity index (χ1n) is 8.14. The summed E-state index contributed by atoms with van der Waals surface area (Å²) in [5.41, 5.74) is 8.68. The van der Waals surface area contributed by atoms with Crippen LogP contribution < -0.4 is 5.73 Å². The summed E-state index contributed by atoms with van der Waals surface area (Å²) in [5.74, 6) is 1.92. The number of nitrogens with zero attached hydrogens (tertiary/aromatic N) is 2. The van der Waals surface area contributed by atoms with Crippen molar-refractivity contribution in [3.63, 3.8) is 0 Å². The van der Waals surface area contributed by atoms with Crippen molar-refractivity contribution in [2.75, 3.05) is 12.3 Å². The Kier molecular flexibility index (Phi) is 4.44. The highest BCUT2D eigenvalue weighted by atomic mass is 16.3. The van der Waals surface area contributed by atoms with E-state index in [1.54, 1.807) is 0 Å². The van der Waals surface area contributed by atoms with Gasteiger partial charge in [0.25, 0.3) is 0 Å². The summed E-state index contributed by atoms with van der Waals surface area (Å²) in [5, 5.41) is 9.33. The molecule has 3 N–H and O–H groups in total. The van der Waals surface area contributed by atoms with Crippen molar-refractivity contribution >= 4 is 16.7 Å². The lowest BCUT2D eigenvalue weighted by Gasteiger charge is -2.21. The Morgan fingerprint density at radius 1 is 1.24 bits per heavy atom. The Labute approximate surface area is 126 Å². The monoisotopic (exact) mass is 287 g/mol. The summed E-state index contributed by atoms with van der Waals surface area (Å²) in [6.07, 6.45) is 9.07. The fourth-order valence-electron chi connectivity index (χ4n) is 3.57. The van der Waals surface area contributed by atoms with Gasteiger partial charge >= 0.3 is 0 Å². The topological polar surface area (TPSA) is 64.1 Å². The number of imidazole rings is 1. The fraction of sp³-hybridized carbons (Fsp3) is 0.588. The number of para-hydroxylation sites is 1. The van der Waals surface area contributed by atoms with Gasteiger partial charge in [-0.25, -0.2) is 4.98 Å². The number of aliphatic hydroxyl groups is 1. The number of nitrogens with two attached hydrogens (primary N) is 1. The molecule has 4 heteroatoms. The highest BCUT2D eigenvalue weighted by Crippen LogP contribution is 2.28. The first-order valence-corrected chi connectivity index (χ1v) is 8.14. The van der Waals surface area contributed by atoms with E-state index < -0.39 is 0 Å². The van der Waals surface area contributed by atoms with E-state index in [9.17, 15) is 5.11 Å².